The number of rotatable bonds is 9. The van der Waals surface area contributed by atoms with Gasteiger partial charge < -0.3 is 25.8 Å². The molecule has 0 aromatic heterocycles. The van der Waals surface area contributed by atoms with Crippen LogP contribution in [0.3, 0.4) is 0 Å². The molecule has 0 aliphatic heterocycles. The number of halogens is 1. The SMILES string of the molecule is COC(=O)/C(=C/C1=CCc2cc(Br)ccc21)NC(=O)[C@H](CCCN=C(C)N)NC(=O)OC(C)(C)C. The summed E-state index contributed by atoms with van der Waals surface area (Å²) in [4.78, 5) is 42.1. The molecule has 0 fully saturated rings. The number of amidine groups is 1. The molecule has 35 heavy (non-hydrogen) atoms. The highest BCUT2D eigenvalue weighted by Gasteiger charge is 2.26. The van der Waals surface area contributed by atoms with Crippen molar-refractivity contribution >= 4 is 45.3 Å². The van der Waals surface area contributed by atoms with Gasteiger partial charge in [-0.25, -0.2) is 9.59 Å². The number of ether oxygens (including phenoxy) is 2. The highest BCUT2D eigenvalue weighted by Crippen LogP contribution is 2.31. The van der Waals surface area contributed by atoms with Gasteiger partial charge in [-0.2, -0.15) is 0 Å². The number of carbonyl (C=O) groups excluding carboxylic acids is 3. The standard InChI is InChI=1S/C25H33BrN4O5/c1-15(27)28-12-6-7-20(30-24(33)35-25(2,3)4)22(31)29-21(23(32)34-5)14-17-9-8-16-13-18(26)10-11-19(16)17/h9-11,13-14,20H,6-8,12H2,1-5H3,(H2,27,28)(H,29,31)(H,30,33)/b21-14-/t20-/m0/s1. The summed E-state index contributed by atoms with van der Waals surface area (Å²) in [6.45, 7) is 7.24. The van der Waals surface area contributed by atoms with Crippen molar-refractivity contribution in [3.8, 4) is 0 Å². The van der Waals surface area contributed by atoms with Crippen LogP contribution in [-0.4, -0.2) is 49.1 Å². The number of esters is 1. The molecular weight excluding hydrogens is 516 g/mol. The molecule has 0 saturated heterocycles. The lowest BCUT2D eigenvalue weighted by Gasteiger charge is -2.23. The molecule has 0 unspecified atom stereocenters. The third kappa shape index (κ3) is 9.20. The number of hydrogen-bond donors (Lipinski definition) is 3. The number of nitrogens with zero attached hydrogens (tertiary/aromatic N) is 1. The number of hydrogen-bond acceptors (Lipinski definition) is 6. The number of benzene rings is 1. The van der Waals surface area contributed by atoms with Crippen LogP contribution < -0.4 is 16.4 Å². The van der Waals surface area contributed by atoms with Crippen molar-refractivity contribution in [2.24, 2.45) is 10.7 Å². The maximum Gasteiger partial charge on any atom is 0.408 e. The monoisotopic (exact) mass is 548 g/mol. The third-order valence-electron chi connectivity index (χ3n) is 4.90. The second kappa shape index (κ2) is 12.5. The Morgan fingerprint density at radius 3 is 2.63 bits per heavy atom. The molecule has 4 N–H and O–H groups in total. The van der Waals surface area contributed by atoms with E-state index in [-0.39, 0.29) is 12.1 Å². The van der Waals surface area contributed by atoms with Crippen LogP contribution in [0.5, 0.6) is 0 Å². The Bertz CT molecular complexity index is 1050. The van der Waals surface area contributed by atoms with E-state index in [0.29, 0.717) is 25.2 Å². The molecule has 10 heteroatoms. The van der Waals surface area contributed by atoms with Crippen LogP contribution in [0, 0.1) is 0 Å². The Morgan fingerprint density at radius 2 is 2.00 bits per heavy atom. The van der Waals surface area contributed by atoms with Crippen molar-refractivity contribution in [1.29, 1.82) is 0 Å². The summed E-state index contributed by atoms with van der Waals surface area (Å²) < 4.78 is 11.1. The largest absolute Gasteiger partial charge is 0.464 e. The van der Waals surface area contributed by atoms with Crippen molar-refractivity contribution < 1.29 is 23.9 Å². The average molecular weight is 549 g/mol. The lowest BCUT2D eigenvalue weighted by molar-refractivity contribution is -0.138. The Labute approximate surface area is 214 Å². The van der Waals surface area contributed by atoms with Gasteiger partial charge >= 0.3 is 12.1 Å². The number of nitrogens with two attached hydrogens (primary N) is 1. The van der Waals surface area contributed by atoms with Gasteiger partial charge in [0.2, 0.25) is 5.91 Å². The first-order valence-corrected chi connectivity index (χ1v) is 12.0. The Hall–Kier alpha value is -3.14. The highest BCUT2D eigenvalue weighted by molar-refractivity contribution is 9.10. The number of aliphatic imine (C=N–C) groups is 1. The van der Waals surface area contributed by atoms with Gasteiger partial charge in [0.15, 0.2) is 0 Å². The minimum atomic E-state index is -0.966. The predicted molar refractivity (Wildman–Crippen MR) is 139 cm³/mol. The minimum absolute atomic E-state index is 0.0358. The van der Waals surface area contributed by atoms with E-state index in [4.69, 9.17) is 15.2 Å². The fourth-order valence-corrected chi connectivity index (χ4v) is 3.79. The average Bonchev–Trinajstić information content (AvgIpc) is 3.14. The summed E-state index contributed by atoms with van der Waals surface area (Å²) in [6, 6.07) is 4.90. The fourth-order valence-electron chi connectivity index (χ4n) is 3.38. The summed E-state index contributed by atoms with van der Waals surface area (Å²) in [5, 5.41) is 5.21. The van der Waals surface area contributed by atoms with Gasteiger partial charge in [0.1, 0.15) is 17.3 Å². The summed E-state index contributed by atoms with van der Waals surface area (Å²) in [6.07, 6.45) is 4.25. The number of methoxy groups -OCH3 is 1. The molecule has 2 rings (SSSR count). The molecule has 0 spiro atoms. The number of alkyl carbamates (subject to hydrolysis) is 1. The van der Waals surface area contributed by atoms with Crippen LogP contribution in [0.4, 0.5) is 4.79 Å². The van der Waals surface area contributed by atoms with Crippen molar-refractivity contribution in [2.45, 2.75) is 58.6 Å². The third-order valence-corrected chi connectivity index (χ3v) is 5.40. The summed E-state index contributed by atoms with van der Waals surface area (Å²) in [7, 11) is 1.24. The molecule has 0 saturated carbocycles. The van der Waals surface area contributed by atoms with Crippen LogP contribution in [0.2, 0.25) is 0 Å². The lowest BCUT2D eigenvalue weighted by atomic mass is 10.0. The molecule has 0 bridgehead atoms. The molecule has 9 nitrogen and oxygen atoms in total. The molecule has 1 aromatic rings. The zero-order valence-electron chi connectivity index (χ0n) is 20.7. The molecule has 1 aliphatic rings. The van der Waals surface area contributed by atoms with E-state index in [9.17, 15) is 14.4 Å². The summed E-state index contributed by atoms with van der Waals surface area (Å²) in [5.41, 5.74) is 7.64. The van der Waals surface area contributed by atoms with E-state index in [2.05, 4.69) is 31.6 Å². The molecule has 1 atom stereocenters. The number of allylic oxidation sites excluding steroid dienone is 3. The molecule has 2 amide bonds. The fraction of sp³-hybridized carbons (Fsp3) is 0.440. The van der Waals surface area contributed by atoms with Crippen LogP contribution in [0.1, 0.15) is 51.7 Å². The second-order valence-corrected chi connectivity index (χ2v) is 9.98. The Balaban J connectivity index is 2.23. The van der Waals surface area contributed by atoms with Crippen LogP contribution in [-0.2, 0) is 25.5 Å². The van der Waals surface area contributed by atoms with Crippen molar-refractivity contribution in [3.05, 3.63) is 51.6 Å². The van der Waals surface area contributed by atoms with E-state index < -0.39 is 29.6 Å². The van der Waals surface area contributed by atoms with Gasteiger partial charge in [0.25, 0.3) is 0 Å². The normalized spacial score (nSPS) is 14.5. The van der Waals surface area contributed by atoms with Crippen LogP contribution in [0.25, 0.3) is 5.57 Å². The molecule has 0 heterocycles. The lowest BCUT2D eigenvalue weighted by Crippen LogP contribution is -2.48. The van der Waals surface area contributed by atoms with Crippen molar-refractivity contribution in [1.82, 2.24) is 10.6 Å². The van der Waals surface area contributed by atoms with Gasteiger partial charge in [0.05, 0.1) is 12.9 Å². The predicted octanol–water partition coefficient (Wildman–Crippen LogP) is 3.61. The first-order valence-electron chi connectivity index (χ1n) is 11.3. The first kappa shape index (κ1) is 28.1. The van der Waals surface area contributed by atoms with Crippen molar-refractivity contribution in [3.63, 3.8) is 0 Å². The molecule has 0 radical (unpaired) electrons. The number of fused-ring (bicyclic) bond motifs is 1. The van der Waals surface area contributed by atoms with Gasteiger partial charge in [-0.05, 0) is 81.9 Å². The van der Waals surface area contributed by atoms with Gasteiger partial charge in [-0.3, -0.25) is 9.79 Å². The molecule has 1 aliphatic carbocycles. The second-order valence-electron chi connectivity index (χ2n) is 9.07. The maximum absolute atomic E-state index is 13.2. The Morgan fingerprint density at radius 1 is 1.29 bits per heavy atom. The number of nitrogens with one attached hydrogen (secondary N) is 2. The molecule has 1 aromatic carbocycles. The van der Waals surface area contributed by atoms with Gasteiger partial charge in [-0.1, -0.05) is 28.1 Å². The van der Waals surface area contributed by atoms with E-state index in [1.54, 1.807) is 33.8 Å². The van der Waals surface area contributed by atoms with Gasteiger partial charge in [0, 0.05) is 11.0 Å². The zero-order chi connectivity index (χ0) is 26.2. The van der Waals surface area contributed by atoms with E-state index >= 15 is 0 Å². The Kier molecular flexibility index (Phi) is 10.1. The summed E-state index contributed by atoms with van der Waals surface area (Å²) >= 11 is 3.46. The van der Waals surface area contributed by atoms with Crippen LogP contribution in [0.15, 0.2) is 45.5 Å². The molecule has 190 valence electrons. The van der Waals surface area contributed by atoms with E-state index in [0.717, 1.165) is 21.2 Å². The van der Waals surface area contributed by atoms with Crippen molar-refractivity contribution in [2.75, 3.05) is 13.7 Å². The smallest absolute Gasteiger partial charge is 0.408 e. The zero-order valence-corrected chi connectivity index (χ0v) is 22.3. The molecular formula is C25H33BrN4O5. The highest BCUT2D eigenvalue weighted by atomic mass is 79.9. The van der Waals surface area contributed by atoms with Crippen LogP contribution >= 0.6 is 15.9 Å². The quantitative estimate of drug-likeness (QED) is 0.142. The summed E-state index contributed by atoms with van der Waals surface area (Å²) in [5.74, 6) is -0.848. The number of amides is 2. The maximum atomic E-state index is 13.2. The number of carbonyl (C=O) groups is 3. The topological polar surface area (TPSA) is 132 Å². The van der Waals surface area contributed by atoms with Gasteiger partial charge in [-0.15, -0.1) is 0 Å². The van der Waals surface area contributed by atoms with E-state index in [1.807, 2.05) is 24.3 Å². The first-order chi connectivity index (χ1) is 16.4. The minimum Gasteiger partial charge on any atom is -0.464 e. The van der Waals surface area contributed by atoms with E-state index in [1.165, 1.54) is 7.11 Å².